The molecule has 2 aromatic carbocycles. The van der Waals surface area contributed by atoms with E-state index in [2.05, 4.69) is 10.7 Å². The van der Waals surface area contributed by atoms with E-state index in [1.54, 1.807) is 23.1 Å². The number of fused-ring (bicyclic) bond motifs is 1. The lowest BCUT2D eigenvalue weighted by molar-refractivity contribution is 0.0615. The third kappa shape index (κ3) is 6.15. The highest BCUT2D eigenvalue weighted by Crippen LogP contribution is 2.42. The summed E-state index contributed by atoms with van der Waals surface area (Å²) in [5, 5.41) is 10.5. The number of carbonyl (C=O) groups is 2. The van der Waals surface area contributed by atoms with Gasteiger partial charge in [-0.25, -0.2) is 8.78 Å². The highest BCUT2D eigenvalue weighted by atomic mass is 32.1. The molecule has 0 unspecified atom stereocenters. The van der Waals surface area contributed by atoms with Crippen LogP contribution < -0.4 is 16.2 Å². The quantitative estimate of drug-likeness (QED) is 0.260. The number of pyridine rings is 1. The number of rotatable bonds is 7. The van der Waals surface area contributed by atoms with Crippen LogP contribution in [0.4, 0.5) is 8.78 Å². The number of nitrogens with two attached hydrogens (primary N) is 2. The first-order chi connectivity index (χ1) is 19.8. The molecule has 2 amide bonds. The number of aromatic nitrogens is 1. The fourth-order valence-electron chi connectivity index (χ4n) is 5.16. The van der Waals surface area contributed by atoms with Crippen LogP contribution in [0.3, 0.4) is 0 Å². The van der Waals surface area contributed by atoms with Gasteiger partial charge in [-0.3, -0.25) is 14.6 Å². The molecule has 0 atom stereocenters. The van der Waals surface area contributed by atoms with Gasteiger partial charge >= 0.3 is 0 Å². The van der Waals surface area contributed by atoms with Crippen LogP contribution in [0.15, 0.2) is 48.7 Å². The van der Waals surface area contributed by atoms with Gasteiger partial charge in [0.25, 0.3) is 11.8 Å². The Morgan fingerprint density at radius 2 is 1.73 bits per heavy atom. The Balaban J connectivity index is 0.00000189. The molecule has 4 aromatic rings. The third-order valence-corrected chi connectivity index (χ3v) is 8.33. The molecule has 216 valence electrons. The topological polar surface area (TPSA) is 132 Å². The van der Waals surface area contributed by atoms with Crippen LogP contribution in [0, 0.1) is 11.6 Å². The number of hydrogen-bond acceptors (Lipinski definition) is 7. The van der Waals surface area contributed by atoms with E-state index in [-0.39, 0.29) is 33.2 Å². The minimum absolute atomic E-state index is 0.0954. The van der Waals surface area contributed by atoms with Gasteiger partial charge in [-0.1, -0.05) is 25.3 Å². The van der Waals surface area contributed by atoms with Crippen molar-refractivity contribution in [2.75, 3.05) is 14.2 Å². The number of carbonyl (C=O) groups excluding carboxylic acids is 2. The average molecular weight is 583 g/mol. The normalized spacial score (nSPS) is 13.4. The molecule has 5 rings (SSSR count). The zero-order valence-corrected chi connectivity index (χ0v) is 23.6. The summed E-state index contributed by atoms with van der Waals surface area (Å²) in [6, 6.07) is 10.6. The second-order valence-electron chi connectivity index (χ2n) is 9.56. The predicted octanol–water partition coefficient (Wildman–Crippen LogP) is 5.60. The SMILES string of the molecule is CN.COc1ccc(-c2ccnc(C(N)=O)c2)cc1CN(C(=O)c1sc2c(F)ccc(F)c2c1O)C1CCCCC1. The molecular weight excluding hydrogens is 550 g/mol. The van der Waals surface area contributed by atoms with E-state index in [0.717, 1.165) is 61.1 Å². The molecule has 1 saturated carbocycles. The van der Waals surface area contributed by atoms with Crippen LogP contribution in [0.1, 0.15) is 57.8 Å². The van der Waals surface area contributed by atoms with Crippen molar-refractivity contribution in [3.8, 4) is 22.6 Å². The summed E-state index contributed by atoms with van der Waals surface area (Å²) in [7, 11) is 3.03. The van der Waals surface area contributed by atoms with Crippen molar-refractivity contribution in [2.45, 2.75) is 44.7 Å². The van der Waals surface area contributed by atoms with Crippen LogP contribution in [0.25, 0.3) is 21.2 Å². The number of methoxy groups -OCH3 is 1. The Morgan fingerprint density at radius 1 is 1.05 bits per heavy atom. The zero-order chi connectivity index (χ0) is 29.7. The molecule has 2 aromatic heterocycles. The maximum absolute atomic E-state index is 14.5. The number of halogens is 2. The number of thiophene rings is 1. The van der Waals surface area contributed by atoms with Crippen LogP contribution in [-0.4, -0.2) is 47.0 Å². The maximum Gasteiger partial charge on any atom is 0.268 e. The van der Waals surface area contributed by atoms with E-state index in [1.807, 2.05) is 12.1 Å². The predicted molar refractivity (Wildman–Crippen MR) is 155 cm³/mol. The maximum atomic E-state index is 14.5. The van der Waals surface area contributed by atoms with Gasteiger partial charge in [0.2, 0.25) is 0 Å². The smallest absolute Gasteiger partial charge is 0.268 e. The number of amides is 2. The first-order valence-corrected chi connectivity index (χ1v) is 14.0. The van der Waals surface area contributed by atoms with Gasteiger partial charge < -0.3 is 26.2 Å². The molecule has 11 heteroatoms. The number of ether oxygens (including phenoxy) is 1. The molecule has 1 aliphatic carbocycles. The van der Waals surface area contributed by atoms with Crippen molar-refractivity contribution in [1.29, 1.82) is 0 Å². The molecule has 0 aliphatic heterocycles. The average Bonchev–Trinajstić information content (AvgIpc) is 3.37. The second-order valence-corrected chi connectivity index (χ2v) is 10.6. The highest BCUT2D eigenvalue weighted by Gasteiger charge is 2.32. The monoisotopic (exact) mass is 582 g/mol. The lowest BCUT2D eigenvalue weighted by Gasteiger charge is -2.34. The summed E-state index contributed by atoms with van der Waals surface area (Å²) in [6.07, 6.45) is 6.00. The van der Waals surface area contributed by atoms with Gasteiger partial charge in [0.1, 0.15) is 33.7 Å². The molecule has 2 heterocycles. The molecule has 1 aliphatic rings. The van der Waals surface area contributed by atoms with Crippen LogP contribution in [0.2, 0.25) is 0 Å². The van der Waals surface area contributed by atoms with Gasteiger partial charge in [-0.15, -0.1) is 11.3 Å². The van der Waals surface area contributed by atoms with Crippen LogP contribution >= 0.6 is 11.3 Å². The molecule has 0 spiro atoms. The Kier molecular flexibility index (Phi) is 9.51. The van der Waals surface area contributed by atoms with Crippen LogP contribution in [-0.2, 0) is 6.54 Å². The van der Waals surface area contributed by atoms with E-state index in [0.29, 0.717) is 16.9 Å². The molecule has 1 fully saturated rings. The molecule has 0 bridgehead atoms. The first-order valence-electron chi connectivity index (χ1n) is 13.2. The van der Waals surface area contributed by atoms with E-state index in [4.69, 9.17) is 10.5 Å². The minimum atomic E-state index is -0.787. The molecule has 0 radical (unpaired) electrons. The van der Waals surface area contributed by atoms with Gasteiger partial charge in [0, 0.05) is 24.3 Å². The van der Waals surface area contributed by atoms with Gasteiger partial charge in [-0.05, 0) is 67.4 Å². The number of aromatic hydroxyl groups is 1. The number of primary amides is 1. The lowest BCUT2D eigenvalue weighted by atomic mass is 9.93. The van der Waals surface area contributed by atoms with Crippen molar-refractivity contribution in [2.24, 2.45) is 11.5 Å². The summed E-state index contributed by atoms with van der Waals surface area (Å²) >= 11 is 0.752. The minimum Gasteiger partial charge on any atom is -0.505 e. The van der Waals surface area contributed by atoms with Crippen LogP contribution in [0.5, 0.6) is 11.5 Å². The zero-order valence-electron chi connectivity index (χ0n) is 22.8. The van der Waals surface area contributed by atoms with Gasteiger partial charge in [0.05, 0.1) is 17.2 Å². The number of nitrogens with zero attached hydrogens (tertiary/aromatic N) is 2. The summed E-state index contributed by atoms with van der Waals surface area (Å²) in [5.41, 5.74) is 12.2. The van der Waals surface area contributed by atoms with Gasteiger partial charge in [-0.2, -0.15) is 0 Å². The van der Waals surface area contributed by atoms with Crippen molar-refractivity contribution in [3.05, 3.63) is 76.4 Å². The van der Waals surface area contributed by atoms with E-state index >= 15 is 0 Å². The molecular formula is C30H32F2N4O4S. The van der Waals surface area contributed by atoms with E-state index in [9.17, 15) is 23.5 Å². The number of hydrogen-bond donors (Lipinski definition) is 3. The third-order valence-electron chi connectivity index (χ3n) is 7.15. The molecule has 41 heavy (non-hydrogen) atoms. The first kappa shape index (κ1) is 29.9. The van der Waals surface area contributed by atoms with Crippen molar-refractivity contribution in [1.82, 2.24) is 9.88 Å². The molecule has 8 nitrogen and oxygen atoms in total. The van der Waals surface area contributed by atoms with Crippen molar-refractivity contribution >= 4 is 33.2 Å². The fourth-order valence-corrected chi connectivity index (χ4v) is 6.23. The van der Waals surface area contributed by atoms with Gasteiger partial charge in [0.15, 0.2) is 0 Å². The van der Waals surface area contributed by atoms with Crippen molar-refractivity contribution < 1.29 is 28.2 Å². The lowest BCUT2D eigenvalue weighted by Crippen LogP contribution is -2.40. The number of benzene rings is 2. The van der Waals surface area contributed by atoms with E-state index in [1.165, 1.54) is 20.4 Å². The Labute approximate surface area is 240 Å². The summed E-state index contributed by atoms with van der Waals surface area (Å²) in [5.74, 6) is -2.62. The standard InChI is InChI=1S/C29H27F2N3O4S.CH5N/c1-38-23-10-7-16(17-11-12-33-22(14-17)28(32)36)13-18(23)15-34(19-5-3-2-4-6-19)29(37)27-25(35)24-20(30)8-9-21(31)26(24)39-27;1-2/h7-14,19,35H,2-6,15H2,1H3,(H2,32,36);2H2,1H3. The summed E-state index contributed by atoms with van der Waals surface area (Å²) in [4.78, 5) is 31.2. The Morgan fingerprint density at radius 3 is 2.39 bits per heavy atom. The Bertz CT molecular complexity index is 1570. The van der Waals surface area contributed by atoms with Crippen molar-refractivity contribution in [3.63, 3.8) is 0 Å². The fraction of sp³-hybridized carbons (Fsp3) is 0.300. The summed E-state index contributed by atoms with van der Waals surface area (Å²) in [6.45, 7) is 0.146. The second kappa shape index (κ2) is 13.0. The summed E-state index contributed by atoms with van der Waals surface area (Å²) < 4.78 is 34.5. The largest absolute Gasteiger partial charge is 0.505 e. The Hall–Kier alpha value is -4.09. The molecule has 5 N–H and O–H groups in total. The van der Waals surface area contributed by atoms with E-state index < -0.39 is 29.2 Å². The highest BCUT2D eigenvalue weighted by molar-refractivity contribution is 7.21. The molecule has 0 saturated heterocycles.